The van der Waals surface area contributed by atoms with Gasteiger partial charge < -0.3 is 8.85 Å². The summed E-state index contributed by atoms with van der Waals surface area (Å²) in [7, 11) is -3.10. The van der Waals surface area contributed by atoms with Gasteiger partial charge in [-0.15, -0.1) is 0 Å². The van der Waals surface area contributed by atoms with Crippen LogP contribution in [-0.2, 0) is 8.85 Å². The van der Waals surface area contributed by atoms with Crippen LogP contribution in [0, 0.1) is 29.1 Å². The van der Waals surface area contributed by atoms with Crippen molar-refractivity contribution in [1.29, 1.82) is 0 Å². The zero-order valence-electron chi connectivity index (χ0n) is 23.5. The van der Waals surface area contributed by atoms with Gasteiger partial charge in [0.15, 0.2) is 16.6 Å². The molecule has 0 saturated heterocycles. The molecule has 32 heavy (non-hydrogen) atoms. The molecule has 2 saturated carbocycles. The Bertz CT molecular complexity index is 611. The predicted molar refractivity (Wildman–Crippen MR) is 146 cm³/mol. The summed E-state index contributed by atoms with van der Waals surface area (Å²) in [5.41, 5.74) is 0.344. The third kappa shape index (κ3) is 6.40. The minimum absolute atomic E-state index is 0.0962. The van der Waals surface area contributed by atoms with Gasteiger partial charge in [-0.25, -0.2) is 0 Å². The van der Waals surface area contributed by atoms with E-state index in [0.29, 0.717) is 23.4 Å². The fourth-order valence-corrected chi connectivity index (χ4v) is 11.8. The summed E-state index contributed by atoms with van der Waals surface area (Å²) >= 11 is 0. The van der Waals surface area contributed by atoms with Crippen LogP contribution in [0.3, 0.4) is 0 Å². The van der Waals surface area contributed by atoms with Gasteiger partial charge in [0.05, 0.1) is 5.60 Å². The second-order valence-electron chi connectivity index (χ2n) is 12.9. The third-order valence-electron chi connectivity index (χ3n) is 9.47. The highest BCUT2D eigenvalue weighted by Gasteiger charge is 2.53. The summed E-state index contributed by atoms with van der Waals surface area (Å²) in [5.74, 6) is 2.59. The summed E-state index contributed by atoms with van der Waals surface area (Å²) in [5, 5.41) is 0. The molecule has 0 bridgehead atoms. The molecule has 0 amide bonds. The molecule has 0 heterocycles. The smallest absolute Gasteiger partial charge is 0.192 e. The van der Waals surface area contributed by atoms with Crippen LogP contribution in [0.4, 0.5) is 0 Å². The van der Waals surface area contributed by atoms with Gasteiger partial charge >= 0.3 is 0 Å². The molecule has 0 aromatic heterocycles. The lowest BCUT2D eigenvalue weighted by Gasteiger charge is -2.48. The molecule has 2 rings (SSSR count). The Morgan fingerprint density at radius 1 is 0.969 bits per heavy atom. The van der Waals surface area contributed by atoms with Gasteiger partial charge in [0.25, 0.3) is 0 Å². The zero-order chi connectivity index (χ0) is 24.4. The lowest BCUT2D eigenvalue weighted by molar-refractivity contribution is -0.0153. The second-order valence-corrected chi connectivity index (χ2v) is 22.1. The standard InChI is InChI=1S/C28H56O2Si2/c1-12-32(13-2,14-3)29-26-16-15-21-28(8)24(19-20-25(26)28)22(4)17-18-23(5)27(6,7)30-31(9,10)11/h17-18,22-26H,12-16,19-21H2,1-11H3/b18-17-/t22-,23?,24-,25+,26+,28-/m1/s1. The molecule has 0 spiro atoms. The van der Waals surface area contributed by atoms with E-state index in [1.54, 1.807) is 0 Å². The molecule has 2 aliphatic carbocycles. The van der Waals surface area contributed by atoms with Crippen LogP contribution in [0.25, 0.3) is 0 Å². The van der Waals surface area contributed by atoms with E-state index in [1.807, 2.05) is 0 Å². The van der Waals surface area contributed by atoms with E-state index in [2.05, 4.69) is 87.2 Å². The number of fused-ring (bicyclic) bond motifs is 1. The van der Waals surface area contributed by atoms with Gasteiger partial charge in [0.1, 0.15) is 0 Å². The number of rotatable bonds is 11. The lowest BCUT2D eigenvalue weighted by Crippen LogP contribution is -2.48. The number of allylic oxidation sites excluding steroid dienone is 1. The first kappa shape index (κ1) is 28.3. The van der Waals surface area contributed by atoms with Crippen LogP contribution in [0.15, 0.2) is 12.2 Å². The Kier molecular flexibility index (Phi) is 9.55. The molecule has 0 aromatic carbocycles. The summed E-state index contributed by atoms with van der Waals surface area (Å²) in [4.78, 5) is 0. The first-order chi connectivity index (χ1) is 14.7. The largest absolute Gasteiger partial charge is 0.414 e. The molecule has 188 valence electrons. The third-order valence-corrected chi connectivity index (χ3v) is 15.3. The van der Waals surface area contributed by atoms with Crippen molar-refractivity contribution in [3.63, 3.8) is 0 Å². The molecule has 0 aromatic rings. The average Bonchev–Trinajstić information content (AvgIpc) is 3.06. The van der Waals surface area contributed by atoms with Crippen molar-refractivity contribution in [3.05, 3.63) is 12.2 Å². The molecule has 6 atom stereocenters. The van der Waals surface area contributed by atoms with Crippen LogP contribution in [0.1, 0.15) is 87.5 Å². The first-order valence-corrected chi connectivity index (χ1v) is 19.7. The topological polar surface area (TPSA) is 18.5 Å². The Labute approximate surface area is 203 Å². The molecular formula is C28H56O2Si2. The lowest BCUT2D eigenvalue weighted by atomic mass is 9.62. The molecule has 0 N–H and O–H groups in total. The highest BCUT2D eigenvalue weighted by atomic mass is 28.4. The van der Waals surface area contributed by atoms with Crippen molar-refractivity contribution in [2.45, 2.75) is 137 Å². The van der Waals surface area contributed by atoms with Crippen molar-refractivity contribution in [3.8, 4) is 0 Å². The molecule has 4 heteroatoms. The fraction of sp³-hybridized carbons (Fsp3) is 0.929. The van der Waals surface area contributed by atoms with Gasteiger partial charge in [-0.3, -0.25) is 0 Å². The second kappa shape index (κ2) is 10.8. The minimum atomic E-state index is -1.55. The predicted octanol–water partition coefficient (Wildman–Crippen LogP) is 9.05. The van der Waals surface area contributed by atoms with Gasteiger partial charge in [0.2, 0.25) is 0 Å². The Balaban J connectivity index is 2.11. The first-order valence-electron chi connectivity index (χ1n) is 13.8. The average molecular weight is 481 g/mol. The fourth-order valence-electron chi connectivity index (χ4n) is 7.08. The minimum Gasteiger partial charge on any atom is -0.414 e. The van der Waals surface area contributed by atoms with Crippen LogP contribution in [0.5, 0.6) is 0 Å². The maximum Gasteiger partial charge on any atom is 0.192 e. The van der Waals surface area contributed by atoms with E-state index in [1.165, 1.54) is 50.2 Å². The van der Waals surface area contributed by atoms with Gasteiger partial charge in [0, 0.05) is 12.0 Å². The molecule has 2 nitrogen and oxygen atoms in total. The highest BCUT2D eigenvalue weighted by molar-refractivity contribution is 6.73. The number of hydrogen-bond donors (Lipinski definition) is 0. The maximum absolute atomic E-state index is 7.13. The molecule has 0 aliphatic heterocycles. The summed E-state index contributed by atoms with van der Waals surface area (Å²) in [6.45, 7) is 26.0. The van der Waals surface area contributed by atoms with E-state index in [4.69, 9.17) is 8.85 Å². The maximum atomic E-state index is 7.13. The van der Waals surface area contributed by atoms with Crippen LogP contribution >= 0.6 is 0 Å². The molecule has 2 fully saturated rings. The highest BCUT2D eigenvalue weighted by Crippen LogP contribution is 2.59. The molecule has 2 aliphatic rings. The van der Waals surface area contributed by atoms with Crippen molar-refractivity contribution < 1.29 is 8.85 Å². The van der Waals surface area contributed by atoms with Gasteiger partial charge in [-0.1, -0.05) is 60.1 Å². The van der Waals surface area contributed by atoms with Crippen LogP contribution in [-0.4, -0.2) is 28.3 Å². The van der Waals surface area contributed by atoms with Crippen molar-refractivity contribution in [2.24, 2.45) is 29.1 Å². The Hall–Kier alpha value is 0.0938. The van der Waals surface area contributed by atoms with E-state index in [9.17, 15) is 0 Å². The molecule has 1 unspecified atom stereocenters. The van der Waals surface area contributed by atoms with Crippen molar-refractivity contribution in [1.82, 2.24) is 0 Å². The summed E-state index contributed by atoms with van der Waals surface area (Å²) in [6, 6.07) is 3.82. The van der Waals surface area contributed by atoms with E-state index < -0.39 is 16.6 Å². The van der Waals surface area contributed by atoms with Crippen LogP contribution < -0.4 is 0 Å². The Morgan fingerprint density at radius 2 is 1.56 bits per heavy atom. The van der Waals surface area contributed by atoms with Crippen LogP contribution in [0.2, 0.25) is 37.8 Å². The van der Waals surface area contributed by atoms with Gasteiger partial charge in [-0.05, 0) is 100 Å². The summed E-state index contributed by atoms with van der Waals surface area (Å²) < 4.78 is 13.6. The van der Waals surface area contributed by atoms with Crippen molar-refractivity contribution >= 4 is 16.6 Å². The van der Waals surface area contributed by atoms with Gasteiger partial charge in [-0.2, -0.15) is 0 Å². The quantitative estimate of drug-likeness (QED) is 0.217. The van der Waals surface area contributed by atoms with E-state index in [0.717, 1.165) is 11.8 Å². The molecule has 0 radical (unpaired) electrons. The van der Waals surface area contributed by atoms with E-state index in [-0.39, 0.29) is 5.60 Å². The SMILES string of the molecule is CC[Si](CC)(CC)O[C@H]1CCC[C@]2(C)[C@@H]([C@H](C)/C=C\C(C)C(C)(C)O[Si](C)(C)C)CC[C@@H]12. The molecular weight excluding hydrogens is 424 g/mol. The number of hydrogen-bond acceptors (Lipinski definition) is 2. The monoisotopic (exact) mass is 480 g/mol. The summed E-state index contributed by atoms with van der Waals surface area (Å²) in [6.07, 6.45) is 12.3. The zero-order valence-corrected chi connectivity index (χ0v) is 25.5. The normalized spacial score (nSPS) is 31.7. The van der Waals surface area contributed by atoms with E-state index >= 15 is 0 Å². The van der Waals surface area contributed by atoms with Crippen molar-refractivity contribution in [2.75, 3.05) is 0 Å². The Morgan fingerprint density at radius 3 is 2.09 bits per heavy atom.